The maximum atomic E-state index is 9.62. The minimum atomic E-state index is -0.576. The minimum Gasteiger partial charge on any atom is -0.455 e. The molecular formula is C42H26O. The van der Waals surface area contributed by atoms with Crippen LogP contribution in [0.15, 0.2) is 162 Å². The van der Waals surface area contributed by atoms with Crippen molar-refractivity contribution in [3.8, 4) is 33.4 Å². The maximum Gasteiger partial charge on any atom is 0.143 e. The van der Waals surface area contributed by atoms with E-state index in [2.05, 4.69) is 0 Å². The second kappa shape index (κ2) is 9.44. The Morgan fingerprint density at radius 2 is 1.02 bits per heavy atom. The van der Waals surface area contributed by atoms with Crippen molar-refractivity contribution in [3.05, 3.63) is 157 Å². The lowest BCUT2D eigenvalue weighted by molar-refractivity contribution is 0.673. The average molecular weight is 560 g/mol. The molecule has 1 heterocycles. The highest BCUT2D eigenvalue weighted by Crippen LogP contribution is 2.46. The van der Waals surface area contributed by atoms with E-state index < -0.39 is 48.3 Å². The summed E-state index contributed by atoms with van der Waals surface area (Å²) in [4.78, 5) is 0. The number of hydrogen-bond donors (Lipinski definition) is 0. The molecule has 9 rings (SSSR count). The molecule has 43 heavy (non-hydrogen) atoms. The summed E-state index contributed by atoms with van der Waals surface area (Å²) >= 11 is 0. The van der Waals surface area contributed by atoms with Crippen LogP contribution in [-0.2, 0) is 0 Å². The summed E-state index contributed by atoms with van der Waals surface area (Å²) in [5, 5.41) is 1.61. The first-order valence-electron chi connectivity index (χ1n) is 20.2. The quantitative estimate of drug-likeness (QED) is 0.196. The Kier molecular flexibility index (Phi) is 3.18. The SMILES string of the molecule is [2H]c1c([2H])c([2H])c(-c2c3ccccc3c(-c3c([2H])c([2H])c4c(oc5c6c([2H])c([2H])c([2H])c([2H])c6c([2H])c([2H])c54)c3[2H])c3ccccc23)c(-c2ccccc2)c1[2H]. The smallest absolute Gasteiger partial charge is 0.143 e. The summed E-state index contributed by atoms with van der Waals surface area (Å²) in [6, 6.07) is 17.9. The van der Waals surface area contributed by atoms with Crippen LogP contribution >= 0.6 is 0 Å². The van der Waals surface area contributed by atoms with E-state index in [0.29, 0.717) is 43.8 Å². The van der Waals surface area contributed by atoms with Gasteiger partial charge in [0.25, 0.3) is 0 Å². The highest BCUT2D eigenvalue weighted by atomic mass is 16.3. The van der Waals surface area contributed by atoms with E-state index in [9.17, 15) is 5.48 Å². The zero-order chi connectivity index (χ0) is 39.6. The van der Waals surface area contributed by atoms with Gasteiger partial charge in [0.1, 0.15) is 11.2 Å². The maximum absolute atomic E-state index is 9.62. The standard InChI is InChI=1S/C42H26O/c1-2-12-27(13-3-1)30-15-6-7-17-33(30)41-36-20-10-8-18-34(36)40(35-19-9-11-21-37(35)41)29-23-24-32-38-25-22-28-14-4-5-16-31(28)42(38)43-39(32)26-29/h1-26H/i4D,5D,6D,7D,14D,15D,16D,17D,22D,23D,24D,25D,26D. The molecule has 0 N–H and O–H groups in total. The molecule has 1 heteroatoms. The predicted octanol–water partition coefficient (Wildman–Crippen LogP) is 12.0. The van der Waals surface area contributed by atoms with E-state index in [4.69, 9.17) is 16.8 Å². The van der Waals surface area contributed by atoms with Gasteiger partial charge in [-0.1, -0.05) is 139 Å². The molecule has 0 aliphatic heterocycles. The molecule has 200 valence electrons. The fourth-order valence-electron chi connectivity index (χ4n) is 6.02. The number of hydrogen-bond acceptors (Lipinski definition) is 1. The van der Waals surface area contributed by atoms with Crippen LogP contribution in [0.25, 0.3) is 87.6 Å². The number of rotatable bonds is 3. The summed E-state index contributed by atoms with van der Waals surface area (Å²) in [5.74, 6) is 0. The van der Waals surface area contributed by atoms with Gasteiger partial charge in [-0.25, -0.2) is 0 Å². The number of benzene rings is 8. The fraction of sp³-hybridized carbons (Fsp3) is 0. The first-order valence-corrected chi connectivity index (χ1v) is 13.7. The van der Waals surface area contributed by atoms with Gasteiger partial charge in [0.05, 0.1) is 17.8 Å². The van der Waals surface area contributed by atoms with Crippen molar-refractivity contribution in [1.82, 2.24) is 0 Å². The first kappa shape index (κ1) is 14.5. The lowest BCUT2D eigenvalue weighted by Crippen LogP contribution is -1.92. The summed E-state index contributed by atoms with van der Waals surface area (Å²) in [7, 11) is 0. The Balaban J connectivity index is 1.46. The molecule has 0 radical (unpaired) electrons. The molecule has 1 aromatic heterocycles. The molecule has 0 bridgehead atoms. The largest absolute Gasteiger partial charge is 0.455 e. The van der Waals surface area contributed by atoms with Crippen molar-refractivity contribution in [2.24, 2.45) is 0 Å². The van der Waals surface area contributed by atoms with E-state index in [1.807, 2.05) is 18.2 Å². The molecule has 9 aromatic rings. The highest BCUT2D eigenvalue weighted by Gasteiger charge is 2.19. The van der Waals surface area contributed by atoms with Crippen LogP contribution in [-0.4, -0.2) is 0 Å². The Labute approximate surface area is 267 Å². The second-order valence-corrected chi connectivity index (χ2v) is 10.2. The number of fused-ring (bicyclic) bond motifs is 7. The molecule has 0 saturated heterocycles. The lowest BCUT2D eigenvalue weighted by atomic mass is 9.84. The van der Waals surface area contributed by atoms with Gasteiger partial charge in [0.2, 0.25) is 0 Å². The minimum absolute atomic E-state index is 0.0163. The zero-order valence-electron chi connectivity index (χ0n) is 35.4. The van der Waals surface area contributed by atoms with Gasteiger partial charge in [-0.05, 0) is 78.4 Å². The van der Waals surface area contributed by atoms with Crippen molar-refractivity contribution in [3.63, 3.8) is 0 Å². The van der Waals surface area contributed by atoms with Crippen LogP contribution in [0.5, 0.6) is 0 Å². The highest BCUT2D eigenvalue weighted by molar-refractivity contribution is 6.23. The van der Waals surface area contributed by atoms with Crippen LogP contribution in [0, 0.1) is 0 Å². The zero-order valence-corrected chi connectivity index (χ0v) is 22.4. The Morgan fingerprint density at radius 1 is 0.419 bits per heavy atom. The molecule has 0 spiro atoms. The molecule has 0 unspecified atom stereocenters. The van der Waals surface area contributed by atoms with Crippen LogP contribution < -0.4 is 0 Å². The van der Waals surface area contributed by atoms with Crippen LogP contribution in [0.4, 0.5) is 0 Å². The summed E-state index contributed by atoms with van der Waals surface area (Å²) < 4.78 is 122. The van der Waals surface area contributed by atoms with Gasteiger partial charge < -0.3 is 4.42 Å². The van der Waals surface area contributed by atoms with E-state index in [1.165, 1.54) is 0 Å². The Hall–Kier alpha value is -5.66. The molecular weight excluding hydrogens is 520 g/mol. The van der Waals surface area contributed by atoms with Crippen LogP contribution in [0.3, 0.4) is 0 Å². The van der Waals surface area contributed by atoms with Gasteiger partial charge >= 0.3 is 0 Å². The monoisotopic (exact) mass is 559 g/mol. The fourth-order valence-corrected chi connectivity index (χ4v) is 6.02. The third-order valence-corrected chi connectivity index (χ3v) is 7.87. The predicted molar refractivity (Wildman–Crippen MR) is 183 cm³/mol. The van der Waals surface area contributed by atoms with Crippen molar-refractivity contribution in [2.45, 2.75) is 0 Å². The van der Waals surface area contributed by atoms with Crippen molar-refractivity contribution in [2.75, 3.05) is 0 Å². The van der Waals surface area contributed by atoms with Crippen molar-refractivity contribution >= 4 is 54.3 Å². The third kappa shape index (κ3) is 3.65. The van der Waals surface area contributed by atoms with E-state index >= 15 is 0 Å². The lowest BCUT2D eigenvalue weighted by Gasteiger charge is -2.19. The molecule has 1 nitrogen and oxygen atoms in total. The molecule has 0 amide bonds. The van der Waals surface area contributed by atoms with Gasteiger partial charge in [-0.2, -0.15) is 0 Å². The second-order valence-electron chi connectivity index (χ2n) is 10.2. The molecule has 0 aliphatic rings. The Morgan fingerprint density at radius 3 is 1.77 bits per heavy atom. The normalized spacial score (nSPS) is 16.0. The van der Waals surface area contributed by atoms with E-state index in [0.717, 1.165) is 0 Å². The van der Waals surface area contributed by atoms with E-state index in [-0.39, 0.29) is 74.0 Å². The van der Waals surface area contributed by atoms with Crippen molar-refractivity contribution < 1.29 is 22.2 Å². The first-order chi connectivity index (χ1) is 26.8. The van der Waals surface area contributed by atoms with Gasteiger partial charge in [0.15, 0.2) is 0 Å². The van der Waals surface area contributed by atoms with Gasteiger partial charge in [-0.15, -0.1) is 0 Å². The average Bonchev–Trinajstić information content (AvgIpc) is 3.62. The summed E-state index contributed by atoms with van der Waals surface area (Å²) in [6.07, 6.45) is 0. The molecule has 0 saturated carbocycles. The third-order valence-electron chi connectivity index (χ3n) is 7.87. The molecule has 8 aromatic carbocycles. The molecule has 0 fully saturated rings. The topological polar surface area (TPSA) is 13.1 Å². The van der Waals surface area contributed by atoms with Crippen molar-refractivity contribution in [1.29, 1.82) is 0 Å². The molecule has 0 atom stereocenters. The van der Waals surface area contributed by atoms with Gasteiger partial charge in [0, 0.05) is 16.2 Å². The van der Waals surface area contributed by atoms with Gasteiger partial charge in [-0.3, -0.25) is 0 Å². The summed E-state index contributed by atoms with van der Waals surface area (Å²) in [6.45, 7) is 0. The van der Waals surface area contributed by atoms with Crippen LogP contribution in [0.1, 0.15) is 17.8 Å². The van der Waals surface area contributed by atoms with Crippen LogP contribution in [0.2, 0.25) is 0 Å². The molecule has 0 aliphatic carbocycles. The Bertz CT molecular complexity index is 3170. The number of furan rings is 1. The van der Waals surface area contributed by atoms with E-state index in [1.54, 1.807) is 60.7 Å². The summed E-state index contributed by atoms with van der Waals surface area (Å²) in [5.41, 5.74) is 1.73.